The average molecular weight is 229 g/mol. The highest BCUT2D eigenvalue weighted by atomic mass is 16.5. The zero-order valence-corrected chi connectivity index (χ0v) is 11.0. The van der Waals surface area contributed by atoms with Gasteiger partial charge in [-0.05, 0) is 31.6 Å². The highest BCUT2D eigenvalue weighted by Crippen LogP contribution is 2.34. The van der Waals surface area contributed by atoms with Crippen LogP contribution < -0.4 is 5.32 Å². The summed E-state index contributed by atoms with van der Waals surface area (Å²) in [6.07, 6.45) is 4.86. The van der Waals surface area contributed by atoms with Crippen LogP contribution in [0.5, 0.6) is 0 Å². The quantitative estimate of drug-likeness (QED) is 0.682. The highest BCUT2D eigenvalue weighted by molar-refractivity contribution is 4.87. The number of ether oxygens (including phenoxy) is 1. The van der Waals surface area contributed by atoms with Crippen LogP contribution in [-0.4, -0.2) is 37.5 Å². The summed E-state index contributed by atoms with van der Waals surface area (Å²) in [5, 5.41) is 13.7. The Kier molecular flexibility index (Phi) is 5.73. The Balaban J connectivity index is 2.26. The van der Waals surface area contributed by atoms with Gasteiger partial charge in [0.15, 0.2) is 0 Å². The molecule has 16 heavy (non-hydrogen) atoms. The summed E-state index contributed by atoms with van der Waals surface area (Å²) in [5.41, 5.74) is -0.562. The maximum absolute atomic E-state index is 10.4. The predicted octanol–water partition coefficient (Wildman–Crippen LogP) is 1.80. The Bertz CT molecular complexity index is 186. The van der Waals surface area contributed by atoms with Gasteiger partial charge in [-0.25, -0.2) is 0 Å². The van der Waals surface area contributed by atoms with E-state index in [-0.39, 0.29) is 0 Å². The third kappa shape index (κ3) is 4.40. The van der Waals surface area contributed by atoms with E-state index in [0.717, 1.165) is 12.5 Å². The van der Waals surface area contributed by atoms with Crippen LogP contribution in [0.1, 0.15) is 39.5 Å². The molecule has 2 N–H and O–H groups in total. The van der Waals surface area contributed by atoms with Gasteiger partial charge in [0.2, 0.25) is 0 Å². The second-order valence-corrected chi connectivity index (χ2v) is 5.48. The Hall–Kier alpha value is -0.120. The van der Waals surface area contributed by atoms with Gasteiger partial charge in [0.25, 0.3) is 0 Å². The molecule has 0 radical (unpaired) electrons. The number of hydrogen-bond acceptors (Lipinski definition) is 3. The molecule has 1 saturated carbocycles. The number of hydrogen-bond donors (Lipinski definition) is 2. The van der Waals surface area contributed by atoms with Gasteiger partial charge < -0.3 is 15.2 Å². The molecule has 0 bridgehead atoms. The van der Waals surface area contributed by atoms with Crippen molar-refractivity contribution in [3.05, 3.63) is 0 Å². The minimum absolute atomic E-state index is 0.457. The Morgan fingerprint density at radius 3 is 2.50 bits per heavy atom. The Morgan fingerprint density at radius 2 is 1.94 bits per heavy atom. The minimum Gasteiger partial charge on any atom is -0.389 e. The number of nitrogens with one attached hydrogen (secondary N) is 1. The van der Waals surface area contributed by atoms with Crippen LogP contribution in [0.3, 0.4) is 0 Å². The maximum Gasteiger partial charge on any atom is 0.0771 e. The van der Waals surface area contributed by atoms with Gasteiger partial charge in [-0.2, -0.15) is 0 Å². The van der Waals surface area contributed by atoms with Crippen molar-refractivity contribution in [2.45, 2.75) is 45.1 Å². The van der Waals surface area contributed by atoms with Crippen LogP contribution in [0.15, 0.2) is 0 Å². The largest absolute Gasteiger partial charge is 0.389 e. The van der Waals surface area contributed by atoms with E-state index in [0.29, 0.717) is 19.1 Å². The molecule has 0 amide bonds. The van der Waals surface area contributed by atoms with Crippen molar-refractivity contribution in [3.63, 3.8) is 0 Å². The molecule has 3 nitrogen and oxygen atoms in total. The van der Waals surface area contributed by atoms with Crippen LogP contribution in [0.2, 0.25) is 0 Å². The van der Waals surface area contributed by atoms with Crippen LogP contribution in [0, 0.1) is 11.8 Å². The summed E-state index contributed by atoms with van der Waals surface area (Å²) < 4.78 is 4.97. The fourth-order valence-corrected chi connectivity index (χ4v) is 2.54. The van der Waals surface area contributed by atoms with Crippen molar-refractivity contribution in [3.8, 4) is 0 Å². The molecule has 96 valence electrons. The van der Waals surface area contributed by atoms with E-state index in [2.05, 4.69) is 12.2 Å². The first kappa shape index (κ1) is 13.9. The molecule has 0 aromatic carbocycles. The fraction of sp³-hybridized carbons (Fsp3) is 1.00. The first-order valence-electron chi connectivity index (χ1n) is 6.48. The second kappa shape index (κ2) is 6.58. The first-order chi connectivity index (χ1) is 7.56. The summed E-state index contributed by atoms with van der Waals surface area (Å²) in [5.74, 6) is 1.30. The maximum atomic E-state index is 10.4. The zero-order chi connectivity index (χ0) is 12.0. The van der Waals surface area contributed by atoms with Crippen LogP contribution in [0.4, 0.5) is 0 Å². The van der Waals surface area contributed by atoms with Crippen molar-refractivity contribution in [2.75, 3.05) is 26.8 Å². The molecule has 1 aliphatic rings. The molecular weight excluding hydrogens is 202 g/mol. The van der Waals surface area contributed by atoms with Gasteiger partial charge >= 0.3 is 0 Å². The molecule has 0 spiro atoms. The molecule has 3 heteroatoms. The van der Waals surface area contributed by atoms with Gasteiger partial charge in [-0.1, -0.05) is 19.8 Å². The molecule has 1 aliphatic carbocycles. The number of aliphatic hydroxyl groups is 1. The summed E-state index contributed by atoms with van der Waals surface area (Å²) in [4.78, 5) is 0. The van der Waals surface area contributed by atoms with E-state index >= 15 is 0 Å². The average Bonchev–Trinajstić information content (AvgIpc) is 2.25. The predicted molar refractivity (Wildman–Crippen MR) is 66.5 cm³/mol. The van der Waals surface area contributed by atoms with Crippen LogP contribution in [0.25, 0.3) is 0 Å². The van der Waals surface area contributed by atoms with Gasteiger partial charge in [0.1, 0.15) is 0 Å². The van der Waals surface area contributed by atoms with E-state index in [9.17, 15) is 5.11 Å². The standard InChI is InChI=1S/C13H27NO2/c1-11-4-6-12(7-5-11)13(2,15)10-14-8-9-16-3/h11-12,14-15H,4-10H2,1-3H3. The normalized spacial score (nSPS) is 30.0. The van der Waals surface area contributed by atoms with Crippen molar-refractivity contribution in [2.24, 2.45) is 11.8 Å². The topological polar surface area (TPSA) is 41.5 Å². The molecule has 1 unspecified atom stereocenters. The Labute approximate surface area is 99.6 Å². The van der Waals surface area contributed by atoms with E-state index in [4.69, 9.17) is 4.74 Å². The molecular formula is C13H27NO2. The van der Waals surface area contributed by atoms with Crippen molar-refractivity contribution < 1.29 is 9.84 Å². The molecule has 0 aliphatic heterocycles. The zero-order valence-electron chi connectivity index (χ0n) is 11.0. The summed E-state index contributed by atoms with van der Waals surface area (Å²) in [7, 11) is 1.70. The van der Waals surface area contributed by atoms with Gasteiger partial charge in [0.05, 0.1) is 12.2 Å². The minimum atomic E-state index is -0.562. The fourth-order valence-electron chi connectivity index (χ4n) is 2.54. The van der Waals surface area contributed by atoms with Crippen LogP contribution >= 0.6 is 0 Å². The smallest absolute Gasteiger partial charge is 0.0771 e. The van der Waals surface area contributed by atoms with Gasteiger partial charge in [-0.15, -0.1) is 0 Å². The number of methoxy groups -OCH3 is 1. The SMILES string of the molecule is COCCNCC(C)(O)C1CCC(C)CC1. The molecule has 1 fully saturated rings. The van der Waals surface area contributed by atoms with Crippen molar-refractivity contribution in [1.29, 1.82) is 0 Å². The van der Waals surface area contributed by atoms with E-state index in [1.807, 2.05) is 6.92 Å². The molecule has 0 aromatic rings. The molecule has 1 atom stereocenters. The number of rotatable bonds is 6. The lowest BCUT2D eigenvalue weighted by atomic mass is 9.74. The highest BCUT2D eigenvalue weighted by Gasteiger charge is 2.33. The van der Waals surface area contributed by atoms with E-state index < -0.39 is 5.60 Å². The summed E-state index contributed by atoms with van der Waals surface area (Å²) in [6, 6.07) is 0. The summed E-state index contributed by atoms with van der Waals surface area (Å²) >= 11 is 0. The third-order valence-electron chi connectivity index (χ3n) is 3.86. The monoisotopic (exact) mass is 229 g/mol. The van der Waals surface area contributed by atoms with Crippen LogP contribution in [-0.2, 0) is 4.74 Å². The Morgan fingerprint density at radius 1 is 1.31 bits per heavy atom. The van der Waals surface area contributed by atoms with Gasteiger partial charge in [-0.3, -0.25) is 0 Å². The lowest BCUT2D eigenvalue weighted by Crippen LogP contribution is -2.46. The lowest BCUT2D eigenvalue weighted by Gasteiger charge is -2.37. The molecule has 1 rings (SSSR count). The molecule has 0 aromatic heterocycles. The second-order valence-electron chi connectivity index (χ2n) is 5.48. The third-order valence-corrected chi connectivity index (χ3v) is 3.86. The van der Waals surface area contributed by atoms with Crippen molar-refractivity contribution >= 4 is 0 Å². The van der Waals surface area contributed by atoms with Gasteiger partial charge in [0, 0.05) is 20.2 Å². The molecule has 0 heterocycles. The molecule has 0 saturated heterocycles. The lowest BCUT2D eigenvalue weighted by molar-refractivity contribution is -0.0207. The van der Waals surface area contributed by atoms with E-state index in [1.165, 1.54) is 25.7 Å². The first-order valence-corrected chi connectivity index (χ1v) is 6.48. The summed E-state index contributed by atoms with van der Waals surface area (Å²) in [6.45, 7) is 6.47. The van der Waals surface area contributed by atoms with Crippen molar-refractivity contribution in [1.82, 2.24) is 5.32 Å². The van der Waals surface area contributed by atoms with E-state index in [1.54, 1.807) is 7.11 Å².